The van der Waals surface area contributed by atoms with Crippen LogP contribution >= 0.6 is 0 Å². The molecule has 0 radical (unpaired) electrons. The van der Waals surface area contributed by atoms with Crippen LogP contribution in [-0.2, 0) is 0 Å². The molecule has 0 aliphatic carbocycles. The van der Waals surface area contributed by atoms with Crippen molar-refractivity contribution in [3.05, 3.63) is 29.6 Å². The van der Waals surface area contributed by atoms with Crippen LogP contribution in [0, 0.1) is 17.2 Å². The number of hydrogen-bond acceptors (Lipinski definition) is 4. The number of carbonyl (C=O) groups is 1. The van der Waals surface area contributed by atoms with E-state index in [2.05, 4.69) is 16.9 Å². The summed E-state index contributed by atoms with van der Waals surface area (Å²) in [4.78, 5) is 18.9. The first-order valence-corrected chi connectivity index (χ1v) is 6.80. The third kappa shape index (κ3) is 2.15. The van der Waals surface area contributed by atoms with Gasteiger partial charge in [-0.05, 0) is 38.8 Å². The fourth-order valence-corrected chi connectivity index (χ4v) is 3.50. The number of nitrogens with zero attached hydrogens (tertiary/aromatic N) is 3. The molecule has 1 aromatic rings. The number of ketones is 1. The molecule has 2 bridgehead atoms. The van der Waals surface area contributed by atoms with Crippen molar-refractivity contribution in [3.63, 3.8) is 0 Å². The van der Waals surface area contributed by atoms with Crippen molar-refractivity contribution in [3.8, 4) is 6.07 Å². The van der Waals surface area contributed by atoms with Crippen LogP contribution in [0.3, 0.4) is 0 Å². The van der Waals surface area contributed by atoms with Crippen molar-refractivity contribution in [1.82, 2.24) is 9.88 Å². The third-order valence-corrected chi connectivity index (χ3v) is 4.62. The zero-order chi connectivity index (χ0) is 13.4. The Balaban J connectivity index is 1.80. The maximum atomic E-state index is 12.5. The number of aromatic nitrogens is 1. The number of piperidine rings is 1. The predicted octanol–water partition coefficient (Wildman–Crippen LogP) is 2.01. The maximum absolute atomic E-state index is 12.5. The summed E-state index contributed by atoms with van der Waals surface area (Å²) in [6.07, 6.45) is 7.40. The van der Waals surface area contributed by atoms with E-state index in [1.807, 2.05) is 6.07 Å². The number of carbonyl (C=O) groups excluding carboxylic acids is 1. The summed E-state index contributed by atoms with van der Waals surface area (Å²) in [6.45, 7) is 0. The Kier molecular flexibility index (Phi) is 3.08. The average Bonchev–Trinajstić information content (AvgIpc) is 2.68. The largest absolute Gasteiger partial charge is 0.300 e. The van der Waals surface area contributed by atoms with E-state index in [0.717, 1.165) is 12.8 Å². The van der Waals surface area contributed by atoms with Crippen molar-refractivity contribution in [2.45, 2.75) is 37.8 Å². The van der Waals surface area contributed by atoms with Crippen molar-refractivity contribution >= 4 is 5.78 Å². The van der Waals surface area contributed by atoms with Gasteiger partial charge < -0.3 is 4.90 Å². The van der Waals surface area contributed by atoms with E-state index in [1.54, 1.807) is 12.3 Å². The van der Waals surface area contributed by atoms with Gasteiger partial charge in [0.05, 0.1) is 5.56 Å². The fourth-order valence-electron chi connectivity index (χ4n) is 3.50. The van der Waals surface area contributed by atoms with Crippen LogP contribution in [0.25, 0.3) is 0 Å². The third-order valence-electron chi connectivity index (χ3n) is 4.62. The molecular weight excluding hydrogens is 238 g/mol. The van der Waals surface area contributed by atoms with Crippen molar-refractivity contribution < 1.29 is 4.79 Å². The Morgan fingerprint density at radius 2 is 2.05 bits per heavy atom. The van der Waals surface area contributed by atoms with Crippen molar-refractivity contribution in [2.75, 3.05) is 7.05 Å². The van der Waals surface area contributed by atoms with E-state index in [0.29, 0.717) is 23.2 Å². The second-order valence-corrected chi connectivity index (χ2v) is 5.66. The topological polar surface area (TPSA) is 57.0 Å². The van der Waals surface area contributed by atoms with Gasteiger partial charge in [0.2, 0.25) is 0 Å². The highest BCUT2D eigenvalue weighted by molar-refractivity contribution is 5.98. The predicted molar refractivity (Wildman–Crippen MR) is 70.6 cm³/mol. The molecule has 98 valence electrons. The minimum Gasteiger partial charge on any atom is -0.300 e. The number of fused-ring (bicyclic) bond motifs is 2. The summed E-state index contributed by atoms with van der Waals surface area (Å²) in [6, 6.07) is 4.81. The van der Waals surface area contributed by atoms with Crippen LogP contribution in [0.5, 0.6) is 0 Å². The van der Waals surface area contributed by atoms with Gasteiger partial charge in [-0.15, -0.1) is 0 Å². The Hall–Kier alpha value is -1.73. The number of rotatable bonds is 2. The SMILES string of the molecule is CN1C2CCC1CC(C(=O)c1cncc(C#N)c1)C2. The second-order valence-electron chi connectivity index (χ2n) is 5.66. The molecule has 2 unspecified atom stereocenters. The summed E-state index contributed by atoms with van der Waals surface area (Å²) in [7, 11) is 2.17. The van der Waals surface area contributed by atoms with E-state index in [1.165, 1.54) is 19.0 Å². The molecule has 0 spiro atoms. The molecule has 19 heavy (non-hydrogen) atoms. The highest BCUT2D eigenvalue weighted by atomic mass is 16.1. The van der Waals surface area contributed by atoms with Crippen LogP contribution in [0.2, 0.25) is 0 Å². The van der Waals surface area contributed by atoms with Crippen molar-refractivity contribution in [1.29, 1.82) is 5.26 Å². The molecule has 2 saturated heterocycles. The molecule has 3 rings (SSSR count). The summed E-state index contributed by atoms with van der Waals surface area (Å²) >= 11 is 0. The molecule has 1 aromatic heterocycles. The van der Waals surface area contributed by atoms with Crippen LogP contribution in [0.15, 0.2) is 18.5 Å². The molecule has 0 N–H and O–H groups in total. The molecule has 0 saturated carbocycles. The van der Waals surface area contributed by atoms with Gasteiger partial charge in [0, 0.05) is 36.0 Å². The van der Waals surface area contributed by atoms with Gasteiger partial charge in [-0.3, -0.25) is 9.78 Å². The van der Waals surface area contributed by atoms with Gasteiger partial charge in [-0.1, -0.05) is 0 Å². The van der Waals surface area contributed by atoms with E-state index >= 15 is 0 Å². The lowest BCUT2D eigenvalue weighted by atomic mass is 9.85. The quantitative estimate of drug-likeness (QED) is 0.758. The Morgan fingerprint density at radius 1 is 1.37 bits per heavy atom. The van der Waals surface area contributed by atoms with Gasteiger partial charge in [0.1, 0.15) is 6.07 Å². The molecule has 2 aliphatic rings. The average molecular weight is 255 g/mol. The first-order valence-electron chi connectivity index (χ1n) is 6.80. The normalized spacial score (nSPS) is 30.0. The first kappa shape index (κ1) is 12.3. The van der Waals surface area contributed by atoms with E-state index in [9.17, 15) is 4.79 Å². The molecule has 2 aliphatic heterocycles. The van der Waals surface area contributed by atoms with Crippen molar-refractivity contribution in [2.24, 2.45) is 5.92 Å². The Morgan fingerprint density at radius 3 is 2.68 bits per heavy atom. The molecule has 3 heterocycles. The zero-order valence-electron chi connectivity index (χ0n) is 11.0. The molecule has 0 aromatic carbocycles. The number of pyridine rings is 1. The van der Waals surface area contributed by atoms with Gasteiger partial charge in [0.15, 0.2) is 5.78 Å². The Bertz CT molecular complexity index is 535. The second kappa shape index (κ2) is 4.75. The van der Waals surface area contributed by atoms with E-state index in [-0.39, 0.29) is 11.7 Å². The lowest BCUT2D eigenvalue weighted by Crippen LogP contribution is -2.42. The van der Waals surface area contributed by atoms with Gasteiger partial charge >= 0.3 is 0 Å². The minimum atomic E-state index is 0.101. The number of hydrogen-bond donors (Lipinski definition) is 0. The van der Waals surface area contributed by atoms with Crippen LogP contribution in [0.4, 0.5) is 0 Å². The molecule has 2 fully saturated rings. The highest BCUT2D eigenvalue weighted by Gasteiger charge is 2.40. The lowest BCUT2D eigenvalue weighted by molar-refractivity contribution is 0.0766. The van der Waals surface area contributed by atoms with E-state index < -0.39 is 0 Å². The van der Waals surface area contributed by atoms with Gasteiger partial charge in [-0.2, -0.15) is 5.26 Å². The monoisotopic (exact) mass is 255 g/mol. The van der Waals surface area contributed by atoms with Crippen LogP contribution in [-0.4, -0.2) is 34.8 Å². The molecule has 4 nitrogen and oxygen atoms in total. The smallest absolute Gasteiger partial charge is 0.167 e. The summed E-state index contributed by atoms with van der Waals surface area (Å²) in [5, 5.41) is 8.88. The molecule has 0 amide bonds. The maximum Gasteiger partial charge on any atom is 0.167 e. The summed E-state index contributed by atoms with van der Waals surface area (Å²) in [5.74, 6) is 0.263. The summed E-state index contributed by atoms with van der Waals surface area (Å²) < 4.78 is 0. The summed E-state index contributed by atoms with van der Waals surface area (Å²) in [5.41, 5.74) is 1.05. The van der Waals surface area contributed by atoms with Gasteiger partial charge in [-0.25, -0.2) is 0 Å². The number of Topliss-reactive ketones (excluding diaryl/α,β-unsaturated/α-hetero) is 1. The van der Waals surface area contributed by atoms with Crippen LogP contribution < -0.4 is 0 Å². The molecule has 4 heteroatoms. The standard InChI is InChI=1S/C15H17N3O/c1-18-13-2-3-14(18)6-11(5-13)15(19)12-4-10(7-16)8-17-9-12/h4,8-9,11,13-14H,2-3,5-6H2,1H3. The van der Waals surface area contributed by atoms with Crippen LogP contribution in [0.1, 0.15) is 41.6 Å². The number of nitriles is 1. The van der Waals surface area contributed by atoms with E-state index in [4.69, 9.17) is 5.26 Å². The fraction of sp³-hybridized carbons (Fsp3) is 0.533. The van der Waals surface area contributed by atoms with Gasteiger partial charge in [0.25, 0.3) is 0 Å². The first-order chi connectivity index (χ1) is 9.19. The minimum absolute atomic E-state index is 0.101. The molecular formula is C15H17N3O. The Labute approximate surface area is 113 Å². The molecule has 2 atom stereocenters. The highest BCUT2D eigenvalue weighted by Crippen LogP contribution is 2.38. The lowest BCUT2D eigenvalue weighted by Gasteiger charge is -2.35. The zero-order valence-corrected chi connectivity index (χ0v) is 11.0.